The Morgan fingerprint density at radius 1 is 1.43 bits per heavy atom. The van der Waals surface area contributed by atoms with Crippen LogP contribution in [0.3, 0.4) is 0 Å². The van der Waals surface area contributed by atoms with Crippen LogP contribution < -0.4 is 11.3 Å². The zero-order valence-corrected chi connectivity index (χ0v) is 11.6. The summed E-state index contributed by atoms with van der Waals surface area (Å²) in [6, 6.07) is 3.78. The largest absolute Gasteiger partial charge is 0.401 e. The van der Waals surface area contributed by atoms with Crippen LogP contribution in [0.4, 0.5) is 24.5 Å². The Hall–Kier alpha value is -1.87. The van der Waals surface area contributed by atoms with Crippen molar-refractivity contribution in [2.24, 2.45) is 5.84 Å². The number of nitrogen functional groups attached to an aromatic ring is 1. The number of anilines is 1. The minimum atomic E-state index is -4.35. The maximum Gasteiger partial charge on any atom is 0.401 e. The lowest BCUT2D eigenvalue weighted by molar-refractivity contribution is -0.384. The lowest BCUT2D eigenvalue weighted by atomic mass is 10.1. The fourth-order valence-electron chi connectivity index (χ4n) is 1.91. The van der Waals surface area contributed by atoms with E-state index in [1.54, 1.807) is 13.8 Å². The number of nitrogens with two attached hydrogens (primary N) is 1. The number of hydrogen-bond acceptors (Lipinski definition) is 5. The number of nitrogens with one attached hydrogen (secondary N) is 1. The Kier molecular flexibility index (Phi) is 5.50. The molecule has 0 aliphatic rings. The zero-order chi connectivity index (χ0) is 16.2. The van der Waals surface area contributed by atoms with Gasteiger partial charge in [-0.05, 0) is 19.4 Å². The van der Waals surface area contributed by atoms with Crippen molar-refractivity contribution < 1.29 is 18.1 Å². The molecule has 0 amide bonds. The smallest absolute Gasteiger partial charge is 0.318 e. The highest BCUT2D eigenvalue weighted by Crippen LogP contribution is 2.29. The van der Waals surface area contributed by atoms with Gasteiger partial charge in [-0.15, -0.1) is 0 Å². The van der Waals surface area contributed by atoms with Gasteiger partial charge in [0.2, 0.25) is 0 Å². The van der Waals surface area contributed by atoms with Crippen molar-refractivity contribution in [3.63, 3.8) is 0 Å². The molecule has 1 rings (SSSR count). The van der Waals surface area contributed by atoms with Crippen molar-refractivity contribution >= 4 is 11.4 Å². The van der Waals surface area contributed by atoms with Gasteiger partial charge >= 0.3 is 6.18 Å². The number of nitrogens with zero attached hydrogens (tertiary/aromatic N) is 2. The molecular weight excluding hydrogens is 289 g/mol. The number of benzene rings is 1. The fourth-order valence-corrected chi connectivity index (χ4v) is 1.91. The summed E-state index contributed by atoms with van der Waals surface area (Å²) in [4.78, 5) is 11.4. The van der Waals surface area contributed by atoms with E-state index in [1.807, 2.05) is 0 Å². The summed E-state index contributed by atoms with van der Waals surface area (Å²) in [5.41, 5.74) is 2.29. The number of nitro benzene ring substituents is 1. The van der Waals surface area contributed by atoms with Crippen molar-refractivity contribution in [1.82, 2.24) is 4.90 Å². The molecule has 0 unspecified atom stereocenters. The molecule has 1 aromatic rings. The Labute approximate surface area is 119 Å². The van der Waals surface area contributed by atoms with Gasteiger partial charge in [0.05, 0.1) is 11.5 Å². The van der Waals surface area contributed by atoms with Crippen LogP contribution >= 0.6 is 0 Å². The Bertz CT molecular complexity index is 506. The highest BCUT2D eigenvalue weighted by atomic mass is 19.4. The molecule has 0 saturated carbocycles. The summed E-state index contributed by atoms with van der Waals surface area (Å²) >= 11 is 0. The van der Waals surface area contributed by atoms with E-state index in [0.717, 1.165) is 0 Å². The average molecular weight is 306 g/mol. The van der Waals surface area contributed by atoms with Gasteiger partial charge in [0.25, 0.3) is 5.69 Å². The molecule has 118 valence electrons. The van der Waals surface area contributed by atoms with E-state index in [4.69, 9.17) is 5.84 Å². The highest BCUT2D eigenvalue weighted by molar-refractivity contribution is 5.65. The van der Waals surface area contributed by atoms with Gasteiger partial charge in [0, 0.05) is 18.7 Å². The first-order chi connectivity index (χ1) is 9.65. The lowest BCUT2D eigenvalue weighted by Gasteiger charge is -2.28. The number of alkyl halides is 3. The molecule has 0 spiro atoms. The lowest BCUT2D eigenvalue weighted by Crippen LogP contribution is -2.38. The van der Waals surface area contributed by atoms with E-state index < -0.39 is 17.6 Å². The first kappa shape index (κ1) is 17.2. The topological polar surface area (TPSA) is 84.4 Å². The number of halogens is 3. The molecule has 0 heterocycles. The molecule has 0 fully saturated rings. The van der Waals surface area contributed by atoms with Crippen LogP contribution in [0, 0.1) is 10.1 Å². The van der Waals surface area contributed by atoms with Gasteiger partial charge in [-0.1, -0.05) is 12.1 Å². The maximum atomic E-state index is 12.6. The van der Waals surface area contributed by atoms with Crippen LogP contribution in [0.5, 0.6) is 0 Å². The average Bonchev–Trinajstić information content (AvgIpc) is 2.35. The summed E-state index contributed by atoms with van der Waals surface area (Å²) in [6.07, 6.45) is -4.35. The minimum Gasteiger partial charge on any atom is -0.318 e. The summed E-state index contributed by atoms with van der Waals surface area (Å²) in [5.74, 6) is 5.27. The number of hydrazine groups is 1. The maximum absolute atomic E-state index is 12.6. The fraction of sp³-hybridized carbons (Fsp3) is 0.500. The third kappa shape index (κ3) is 4.87. The first-order valence-corrected chi connectivity index (χ1v) is 6.19. The predicted octanol–water partition coefficient (Wildman–Crippen LogP) is 2.65. The van der Waals surface area contributed by atoms with E-state index in [0.29, 0.717) is 5.56 Å². The molecule has 0 bridgehead atoms. The molecule has 0 atom stereocenters. The molecule has 6 nitrogen and oxygen atoms in total. The summed E-state index contributed by atoms with van der Waals surface area (Å²) in [6.45, 7) is 2.05. The van der Waals surface area contributed by atoms with Gasteiger partial charge in [-0.25, -0.2) is 0 Å². The van der Waals surface area contributed by atoms with Crippen LogP contribution in [-0.4, -0.2) is 28.6 Å². The molecule has 9 heteroatoms. The molecule has 21 heavy (non-hydrogen) atoms. The number of para-hydroxylation sites is 1. The van der Waals surface area contributed by atoms with E-state index >= 15 is 0 Å². The van der Waals surface area contributed by atoms with Gasteiger partial charge in [-0.2, -0.15) is 13.2 Å². The van der Waals surface area contributed by atoms with Crippen molar-refractivity contribution in [3.8, 4) is 0 Å². The van der Waals surface area contributed by atoms with Crippen molar-refractivity contribution in [2.75, 3.05) is 12.0 Å². The van der Waals surface area contributed by atoms with Gasteiger partial charge in [-0.3, -0.25) is 20.9 Å². The second-order valence-electron chi connectivity index (χ2n) is 4.83. The quantitative estimate of drug-likeness (QED) is 0.479. The molecule has 0 aromatic heterocycles. The summed E-state index contributed by atoms with van der Waals surface area (Å²) < 4.78 is 37.7. The Morgan fingerprint density at radius 2 is 2.05 bits per heavy atom. The minimum absolute atomic E-state index is 0.0234. The van der Waals surface area contributed by atoms with E-state index in [1.165, 1.54) is 23.1 Å². The van der Waals surface area contributed by atoms with Gasteiger partial charge in [0.1, 0.15) is 5.69 Å². The molecule has 0 saturated heterocycles. The van der Waals surface area contributed by atoms with Crippen LogP contribution in [-0.2, 0) is 6.54 Å². The molecule has 3 N–H and O–H groups in total. The number of hydrogen-bond donors (Lipinski definition) is 2. The zero-order valence-electron chi connectivity index (χ0n) is 11.6. The third-order valence-electron chi connectivity index (χ3n) is 2.96. The highest BCUT2D eigenvalue weighted by Gasteiger charge is 2.32. The second-order valence-corrected chi connectivity index (χ2v) is 4.83. The third-order valence-corrected chi connectivity index (χ3v) is 2.96. The number of nitro groups is 1. The van der Waals surface area contributed by atoms with Crippen molar-refractivity contribution in [1.29, 1.82) is 0 Å². The molecular formula is C12H17F3N4O2. The normalized spacial score (nSPS) is 12.0. The van der Waals surface area contributed by atoms with E-state index in [-0.39, 0.29) is 24.0 Å². The number of rotatable bonds is 6. The van der Waals surface area contributed by atoms with Crippen molar-refractivity contribution in [2.45, 2.75) is 32.6 Å². The van der Waals surface area contributed by atoms with Crippen LogP contribution in [0.1, 0.15) is 19.4 Å². The Morgan fingerprint density at radius 3 is 2.48 bits per heavy atom. The van der Waals surface area contributed by atoms with Crippen LogP contribution in [0.15, 0.2) is 18.2 Å². The first-order valence-electron chi connectivity index (χ1n) is 6.19. The molecule has 0 aliphatic heterocycles. The van der Waals surface area contributed by atoms with E-state index in [2.05, 4.69) is 5.43 Å². The summed E-state index contributed by atoms with van der Waals surface area (Å²) in [7, 11) is 0. The summed E-state index contributed by atoms with van der Waals surface area (Å²) in [5, 5.41) is 10.9. The second kappa shape index (κ2) is 6.72. The monoisotopic (exact) mass is 306 g/mol. The Balaban J connectivity index is 3.09. The van der Waals surface area contributed by atoms with Gasteiger partial charge in [0.15, 0.2) is 0 Å². The van der Waals surface area contributed by atoms with Crippen LogP contribution in [0.2, 0.25) is 0 Å². The standard InChI is InChI=1S/C12H17F3N4O2/c1-8(2)18(7-12(13,14)15)6-9-4-3-5-10(19(20)21)11(9)17-16/h3-5,8,17H,6-7,16H2,1-2H3. The SMILES string of the molecule is CC(C)N(Cc1cccc([N+](=O)[O-])c1NN)CC(F)(F)F. The molecule has 1 aromatic carbocycles. The predicted molar refractivity (Wildman–Crippen MR) is 72.5 cm³/mol. The van der Waals surface area contributed by atoms with Crippen molar-refractivity contribution in [3.05, 3.63) is 33.9 Å². The molecule has 0 radical (unpaired) electrons. The van der Waals surface area contributed by atoms with E-state index in [9.17, 15) is 23.3 Å². The van der Waals surface area contributed by atoms with Crippen LogP contribution in [0.25, 0.3) is 0 Å². The molecule has 0 aliphatic carbocycles. The van der Waals surface area contributed by atoms with Gasteiger partial charge < -0.3 is 5.43 Å².